The summed E-state index contributed by atoms with van der Waals surface area (Å²) < 4.78 is 5.52. The van der Waals surface area contributed by atoms with Crippen molar-refractivity contribution in [3.63, 3.8) is 0 Å². The first-order chi connectivity index (χ1) is 11.2. The highest BCUT2D eigenvalue weighted by molar-refractivity contribution is 5.81. The van der Waals surface area contributed by atoms with Crippen LogP contribution in [0.15, 0.2) is 24.4 Å². The topological polar surface area (TPSA) is 66.5 Å². The highest BCUT2D eigenvalue weighted by Crippen LogP contribution is 2.18. The molecule has 2 aliphatic heterocycles. The summed E-state index contributed by atoms with van der Waals surface area (Å²) in [6.07, 6.45) is 2.46. The van der Waals surface area contributed by atoms with Crippen molar-refractivity contribution in [2.75, 3.05) is 32.8 Å². The molecule has 3 atom stereocenters. The lowest BCUT2D eigenvalue weighted by Crippen LogP contribution is -2.55. The van der Waals surface area contributed by atoms with Crippen LogP contribution >= 0.6 is 0 Å². The van der Waals surface area contributed by atoms with Crippen molar-refractivity contribution < 1.29 is 9.53 Å². The van der Waals surface area contributed by atoms with Gasteiger partial charge in [0.05, 0.1) is 12.3 Å². The van der Waals surface area contributed by atoms with E-state index in [0.29, 0.717) is 19.1 Å². The van der Waals surface area contributed by atoms with E-state index in [1.54, 1.807) is 0 Å². The Morgan fingerprint density at radius 2 is 2.43 bits per heavy atom. The summed E-state index contributed by atoms with van der Waals surface area (Å²) >= 11 is 0. The van der Waals surface area contributed by atoms with Crippen LogP contribution in [0.1, 0.15) is 19.0 Å². The molecule has 2 aliphatic rings. The molecule has 2 saturated heterocycles. The van der Waals surface area contributed by atoms with E-state index in [1.807, 2.05) is 18.3 Å². The number of carbonyl (C=O) groups excluding carboxylic acids is 1. The van der Waals surface area contributed by atoms with Gasteiger partial charge < -0.3 is 15.4 Å². The minimum atomic E-state index is -0.345. The Balaban J connectivity index is 1.47. The van der Waals surface area contributed by atoms with Crippen LogP contribution in [0, 0.1) is 5.92 Å². The maximum absolute atomic E-state index is 12.3. The van der Waals surface area contributed by atoms with Gasteiger partial charge in [-0.3, -0.25) is 14.7 Å². The van der Waals surface area contributed by atoms with E-state index in [0.717, 1.165) is 38.3 Å². The molecule has 0 radical (unpaired) electrons. The van der Waals surface area contributed by atoms with Crippen LogP contribution < -0.4 is 10.6 Å². The normalized spacial score (nSPS) is 29.2. The zero-order valence-corrected chi connectivity index (χ0v) is 13.7. The van der Waals surface area contributed by atoms with E-state index in [4.69, 9.17) is 4.74 Å². The molecule has 3 heterocycles. The maximum Gasteiger partial charge on any atom is 0.250 e. The predicted molar refractivity (Wildman–Crippen MR) is 87.8 cm³/mol. The number of nitrogens with zero attached hydrogens (tertiary/aromatic N) is 2. The second-order valence-electron chi connectivity index (χ2n) is 6.50. The Morgan fingerprint density at radius 1 is 1.52 bits per heavy atom. The second-order valence-corrected chi connectivity index (χ2v) is 6.50. The number of likely N-dealkylation sites (tertiary alicyclic amines) is 1. The lowest BCUT2D eigenvalue weighted by molar-refractivity contribution is -0.135. The third-order valence-corrected chi connectivity index (χ3v) is 4.65. The van der Waals surface area contributed by atoms with Crippen LogP contribution in [-0.4, -0.2) is 60.7 Å². The molecule has 6 nitrogen and oxygen atoms in total. The molecule has 1 amide bonds. The van der Waals surface area contributed by atoms with E-state index in [2.05, 4.69) is 33.5 Å². The quantitative estimate of drug-likeness (QED) is 0.841. The summed E-state index contributed by atoms with van der Waals surface area (Å²) in [5, 5.41) is 6.37. The Kier molecular flexibility index (Phi) is 5.59. The van der Waals surface area contributed by atoms with Gasteiger partial charge in [-0.1, -0.05) is 13.0 Å². The number of hydrogen-bond acceptors (Lipinski definition) is 5. The first kappa shape index (κ1) is 16.4. The summed E-state index contributed by atoms with van der Waals surface area (Å²) in [5.74, 6) is 0.445. The lowest BCUT2D eigenvalue weighted by atomic mass is 9.93. The number of hydrogen-bond donors (Lipinski definition) is 2. The zero-order chi connectivity index (χ0) is 16.1. The first-order valence-corrected chi connectivity index (χ1v) is 8.47. The van der Waals surface area contributed by atoms with Crippen molar-refractivity contribution in [2.24, 2.45) is 5.92 Å². The van der Waals surface area contributed by atoms with Crippen molar-refractivity contribution in [3.05, 3.63) is 30.1 Å². The Bertz CT molecular complexity index is 505. The molecule has 2 fully saturated rings. The smallest absolute Gasteiger partial charge is 0.250 e. The number of morpholine rings is 1. The summed E-state index contributed by atoms with van der Waals surface area (Å²) in [7, 11) is 0. The number of amides is 1. The highest BCUT2D eigenvalue weighted by atomic mass is 16.5. The van der Waals surface area contributed by atoms with Gasteiger partial charge in [0.1, 0.15) is 6.10 Å². The monoisotopic (exact) mass is 318 g/mol. The fourth-order valence-electron chi connectivity index (χ4n) is 3.32. The third-order valence-electron chi connectivity index (χ3n) is 4.65. The van der Waals surface area contributed by atoms with Crippen LogP contribution in [-0.2, 0) is 16.1 Å². The minimum absolute atomic E-state index is 0.0206. The number of piperidine rings is 1. The number of ether oxygens (including phenoxy) is 1. The fraction of sp³-hybridized carbons (Fsp3) is 0.647. The van der Waals surface area contributed by atoms with E-state index in [1.165, 1.54) is 0 Å². The molecule has 1 aromatic rings. The van der Waals surface area contributed by atoms with Crippen LogP contribution in [0.2, 0.25) is 0 Å². The highest BCUT2D eigenvalue weighted by Gasteiger charge is 2.30. The lowest BCUT2D eigenvalue weighted by Gasteiger charge is -2.37. The van der Waals surface area contributed by atoms with Crippen LogP contribution in [0.3, 0.4) is 0 Å². The Hall–Kier alpha value is -1.50. The zero-order valence-electron chi connectivity index (χ0n) is 13.7. The summed E-state index contributed by atoms with van der Waals surface area (Å²) in [6, 6.07) is 6.26. The molecular formula is C17H26N4O2. The number of nitrogens with one attached hydrogen (secondary N) is 2. The fourth-order valence-corrected chi connectivity index (χ4v) is 3.32. The number of pyridine rings is 1. The average molecular weight is 318 g/mol. The molecule has 23 heavy (non-hydrogen) atoms. The molecule has 1 aromatic heterocycles. The average Bonchev–Trinajstić information content (AvgIpc) is 2.59. The predicted octanol–water partition coefficient (Wildman–Crippen LogP) is 0.397. The molecule has 2 N–H and O–H groups in total. The number of aromatic nitrogens is 1. The standard InChI is InChI=1S/C17H26N4O2/c1-13-11-21(12-14-4-2-3-6-19-14)8-5-15(13)20-17(22)16-10-18-7-9-23-16/h2-4,6,13,15-16,18H,5,7-12H2,1H3,(H,20,22)/t13-,15-,16+/m1/s1. The largest absolute Gasteiger partial charge is 0.366 e. The van der Waals surface area contributed by atoms with Crippen molar-refractivity contribution >= 4 is 5.91 Å². The van der Waals surface area contributed by atoms with Crippen molar-refractivity contribution in [2.45, 2.75) is 32.0 Å². The first-order valence-electron chi connectivity index (χ1n) is 8.47. The van der Waals surface area contributed by atoms with Gasteiger partial charge in [0.15, 0.2) is 0 Å². The van der Waals surface area contributed by atoms with Crippen LogP contribution in [0.5, 0.6) is 0 Å². The van der Waals surface area contributed by atoms with Gasteiger partial charge in [0.2, 0.25) is 0 Å². The molecular weight excluding hydrogens is 292 g/mol. The minimum Gasteiger partial charge on any atom is -0.366 e. The van der Waals surface area contributed by atoms with Crippen LogP contribution in [0.25, 0.3) is 0 Å². The maximum atomic E-state index is 12.3. The molecule has 0 saturated carbocycles. The van der Waals surface area contributed by atoms with Crippen molar-refractivity contribution in [3.8, 4) is 0 Å². The second kappa shape index (κ2) is 7.86. The molecule has 0 unspecified atom stereocenters. The Morgan fingerprint density at radius 3 is 3.13 bits per heavy atom. The number of rotatable bonds is 4. The van der Waals surface area contributed by atoms with E-state index in [9.17, 15) is 4.79 Å². The third kappa shape index (κ3) is 4.50. The van der Waals surface area contributed by atoms with Gasteiger partial charge in [-0.25, -0.2) is 0 Å². The Labute approximate surface area is 137 Å². The van der Waals surface area contributed by atoms with Crippen LogP contribution in [0.4, 0.5) is 0 Å². The van der Waals surface area contributed by atoms with E-state index in [-0.39, 0.29) is 18.1 Å². The van der Waals surface area contributed by atoms with E-state index >= 15 is 0 Å². The molecule has 6 heteroatoms. The van der Waals surface area contributed by atoms with Gasteiger partial charge >= 0.3 is 0 Å². The van der Waals surface area contributed by atoms with Gasteiger partial charge in [0, 0.05) is 45.0 Å². The summed E-state index contributed by atoms with van der Waals surface area (Å²) in [4.78, 5) is 19.1. The van der Waals surface area contributed by atoms with E-state index < -0.39 is 0 Å². The molecule has 126 valence electrons. The van der Waals surface area contributed by atoms with Crippen molar-refractivity contribution in [1.29, 1.82) is 0 Å². The molecule has 0 aromatic carbocycles. The summed E-state index contributed by atoms with van der Waals surface area (Å²) in [5.41, 5.74) is 1.10. The van der Waals surface area contributed by atoms with Gasteiger partial charge in [-0.05, 0) is 24.5 Å². The molecule has 3 rings (SSSR count). The molecule has 0 aliphatic carbocycles. The SMILES string of the molecule is C[C@@H]1CN(Cc2ccccn2)CC[C@H]1NC(=O)[C@@H]1CNCCO1. The van der Waals surface area contributed by atoms with Crippen molar-refractivity contribution in [1.82, 2.24) is 20.5 Å². The van der Waals surface area contributed by atoms with Gasteiger partial charge in [-0.15, -0.1) is 0 Å². The van der Waals surface area contributed by atoms with Gasteiger partial charge in [-0.2, -0.15) is 0 Å². The summed E-state index contributed by atoms with van der Waals surface area (Å²) in [6.45, 7) is 7.08. The van der Waals surface area contributed by atoms with Gasteiger partial charge in [0.25, 0.3) is 5.91 Å². The molecule has 0 spiro atoms. The number of carbonyl (C=O) groups is 1. The molecule has 0 bridgehead atoms.